The molecule has 0 atom stereocenters. The van der Waals surface area contributed by atoms with E-state index in [1.54, 1.807) is 19.1 Å². The lowest BCUT2D eigenvalue weighted by molar-refractivity contribution is 0.0985. The van der Waals surface area contributed by atoms with Crippen LogP contribution in [-0.4, -0.2) is 17.5 Å². The fraction of sp³-hybridized carbons (Fsp3) is 0.500. The van der Waals surface area contributed by atoms with E-state index in [0.717, 1.165) is 6.42 Å². The summed E-state index contributed by atoms with van der Waals surface area (Å²) in [5.74, 6) is 1.13. The highest BCUT2D eigenvalue weighted by Gasteiger charge is 2.09. The van der Waals surface area contributed by atoms with Crippen molar-refractivity contribution in [2.45, 2.75) is 33.6 Å². The molecule has 0 radical (unpaired) electrons. The molecule has 0 unspecified atom stereocenters. The lowest BCUT2D eigenvalue weighted by Gasteiger charge is -2.09. The average Bonchev–Trinajstić information content (AvgIpc) is 2.28. The Labute approximate surface area is 102 Å². The van der Waals surface area contributed by atoms with Crippen molar-refractivity contribution < 1.29 is 14.6 Å². The molecule has 3 heteroatoms. The minimum Gasteiger partial charge on any atom is -0.507 e. The van der Waals surface area contributed by atoms with Crippen LogP contribution in [0.25, 0.3) is 0 Å². The molecule has 1 aromatic carbocycles. The second kappa shape index (κ2) is 6.28. The van der Waals surface area contributed by atoms with Crippen LogP contribution in [0.5, 0.6) is 11.5 Å². The summed E-state index contributed by atoms with van der Waals surface area (Å²) >= 11 is 0. The van der Waals surface area contributed by atoms with Crippen LogP contribution in [0.3, 0.4) is 0 Å². The van der Waals surface area contributed by atoms with Crippen molar-refractivity contribution in [2.75, 3.05) is 6.61 Å². The van der Waals surface area contributed by atoms with E-state index in [1.807, 2.05) is 0 Å². The van der Waals surface area contributed by atoms with Gasteiger partial charge < -0.3 is 9.84 Å². The Bertz CT molecular complexity index is 383. The first-order valence-corrected chi connectivity index (χ1v) is 6.03. The highest BCUT2D eigenvalue weighted by atomic mass is 16.5. The molecule has 0 aliphatic heterocycles. The second-order valence-electron chi connectivity index (χ2n) is 4.49. The SMILES string of the molecule is CCC(=O)c1ccc(OCCC(C)C)cc1O. The topological polar surface area (TPSA) is 46.5 Å². The van der Waals surface area contributed by atoms with Crippen LogP contribution >= 0.6 is 0 Å². The fourth-order valence-corrected chi connectivity index (χ4v) is 1.44. The molecule has 3 nitrogen and oxygen atoms in total. The molecule has 0 aliphatic carbocycles. The molecule has 0 bridgehead atoms. The number of hydrogen-bond donors (Lipinski definition) is 1. The number of carbonyl (C=O) groups is 1. The van der Waals surface area contributed by atoms with Crippen molar-refractivity contribution in [2.24, 2.45) is 5.92 Å². The molecule has 0 spiro atoms. The maximum absolute atomic E-state index is 11.4. The summed E-state index contributed by atoms with van der Waals surface area (Å²) in [5.41, 5.74) is 0.365. The summed E-state index contributed by atoms with van der Waals surface area (Å²) in [7, 11) is 0. The summed E-state index contributed by atoms with van der Waals surface area (Å²) < 4.78 is 5.49. The van der Waals surface area contributed by atoms with Gasteiger partial charge in [0.2, 0.25) is 0 Å². The summed E-state index contributed by atoms with van der Waals surface area (Å²) in [6.07, 6.45) is 1.36. The molecule has 0 saturated heterocycles. The predicted molar refractivity (Wildman–Crippen MR) is 67.7 cm³/mol. The van der Waals surface area contributed by atoms with E-state index in [4.69, 9.17) is 4.74 Å². The number of Topliss-reactive ketones (excluding diaryl/α,β-unsaturated/α-hetero) is 1. The van der Waals surface area contributed by atoms with Crippen LogP contribution in [0.1, 0.15) is 44.0 Å². The Balaban J connectivity index is 2.65. The van der Waals surface area contributed by atoms with Crippen molar-refractivity contribution in [3.63, 3.8) is 0 Å². The molecule has 94 valence electrons. The van der Waals surface area contributed by atoms with Crippen LogP contribution in [-0.2, 0) is 0 Å². The van der Waals surface area contributed by atoms with Crippen molar-refractivity contribution in [1.29, 1.82) is 0 Å². The number of aromatic hydroxyl groups is 1. The van der Waals surface area contributed by atoms with Gasteiger partial charge in [-0.2, -0.15) is 0 Å². The van der Waals surface area contributed by atoms with Gasteiger partial charge in [-0.05, 0) is 24.5 Å². The van der Waals surface area contributed by atoms with Crippen LogP contribution in [0.4, 0.5) is 0 Å². The highest BCUT2D eigenvalue weighted by molar-refractivity contribution is 5.98. The molecule has 0 aromatic heterocycles. The number of hydrogen-bond acceptors (Lipinski definition) is 3. The van der Waals surface area contributed by atoms with E-state index in [2.05, 4.69) is 13.8 Å². The first kappa shape index (κ1) is 13.6. The van der Waals surface area contributed by atoms with Gasteiger partial charge in [0.15, 0.2) is 5.78 Å². The molecule has 0 heterocycles. The third kappa shape index (κ3) is 4.10. The van der Waals surface area contributed by atoms with E-state index in [0.29, 0.717) is 30.3 Å². The summed E-state index contributed by atoms with van der Waals surface area (Å²) in [4.78, 5) is 11.4. The van der Waals surface area contributed by atoms with Crippen LogP contribution < -0.4 is 4.74 Å². The molecule has 0 amide bonds. The first-order chi connectivity index (χ1) is 8.04. The quantitative estimate of drug-likeness (QED) is 0.770. The molecular weight excluding hydrogens is 216 g/mol. The zero-order valence-electron chi connectivity index (χ0n) is 10.7. The Hall–Kier alpha value is -1.51. The zero-order chi connectivity index (χ0) is 12.8. The minimum absolute atomic E-state index is 0.00102. The molecule has 0 aliphatic rings. The number of phenolic OH excluding ortho intramolecular Hbond substituents is 1. The Kier molecular flexibility index (Phi) is 5.01. The lowest BCUT2D eigenvalue weighted by atomic mass is 10.1. The van der Waals surface area contributed by atoms with Gasteiger partial charge in [-0.25, -0.2) is 0 Å². The molecule has 17 heavy (non-hydrogen) atoms. The molecule has 1 aromatic rings. The van der Waals surface area contributed by atoms with Gasteiger partial charge >= 0.3 is 0 Å². The standard InChI is InChI=1S/C14H20O3/c1-4-13(15)12-6-5-11(9-14(12)16)17-8-7-10(2)3/h5-6,9-10,16H,4,7-8H2,1-3H3. The first-order valence-electron chi connectivity index (χ1n) is 6.03. The van der Waals surface area contributed by atoms with Crippen molar-refractivity contribution in [1.82, 2.24) is 0 Å². The van der Waals surface area contributed by atoms with Gasteiger partial charge in [0.05, 0.1) is 12.2 Å². The molecular formula is C14H20O3. The van der Waals surface area contributed by atoms with Gasteiger partial charge in [0.1, 0.15) is 11.5 Å². The zero-order valence-corrected chi connectivity index (χ0v) is 10.7. The van der Waals surface area contributed by atoms with Crippen LogP contribution in [0.15, 0.2) is 18.2 Å². The number of ketones is 1. The number of ether oxygens (including phenoxy) is 1. The monoisotopic (exact) mass is 236 g/mol. The molecule has 1 N–H and O–H groups in total. The van der Waals surface area contributed by atoms with Gasteiger partial charge in [0, 0.05) is 12.5 Å². The number of benzene rings is 1. The van der Waals surface area contributed by atoms with E-state index in [1.165, 1.54) is 6.07 Å². The number of rotatable bonds is 6. The van der Waals surface area contributed by atoms with Crippen LogP contribution in [0.2, 0.25) is 0 Å². The third-order valence-corrected chi connectivity index (χ3v) is 2.55. The van der Waals surface area contributed by atoms with E-state index < -0.39 is 0 Å². The Morgan fingerprint density at radius 2 is 2.12 bits per heavy atom. The number of carbonyl (C=O) groups excluding carboxylic acids is 1. The van der Waals surface area contributed by atoms with Crippen molar-refractivity contribution >= 4 is 5.78 Å². The summed E-state index contributed by atoms with van der Waals surface area (Å²) in [5, 5.41) is 9.70. The average molecular weight is 236 g/mol. The van der Waals surface area contributed by atoms with Gasteiger partial charge in [-0.3, -0.25) is 4.79 Å². The van der Waals surface area contributed by atoms with E-state index >= 15 is 0 Å². The smallest absolute Gasteiger partial charge is 0.166 e. The predicted octanol–water partition coefficient (Wildman–Crippen LogP) is 3.41. The highest BCUT2D eigenvalue weighted by Crippen LogP contribution is 2.24. The van der Waals surface area contributed by atoms with Crippen LogP contribution in [0, 0.1) is 5.92 Å². The second-order valence-corrected chi connectivity index (χ2v) is 4.49. The Morgan fingerprint density at radius 1 is 1.41 bits per heavy atom. The van der Waals surface area contributed by atoms with E-state index in [9.17, 15) is 9.90 Å². The summed E-state index contributed by atoms with van der Waals surface area (Å²) in [6.45, 7) is 6.65. The molecule has 1 rings (SSSR count). The van der Waals surface area contributed by atoms with Gasteiger partial charge in [-0.1, -0.05) is 20.8 Å². The fourth-order valence-electron chi connectivity index (χ4n) is 1.44. The van der Waals surface area contributed by atoms with Gasteiger partial charge in [0.25, 0.3) is 0 Å². The van der Waals surface area contributed by atoms with Gasteiger partial charge in [-0.15, -0.1) is 0 Å². The number of phenols is 1. The lowest BCUT2D eigenvalue weighted by Crippen LogP contribution is -2.02. The van der Waals surface area contributed by atoms with E-state index in [-0.39, 0.29) is 11.5 Å². The summed E-state index contributed by atoms with van der Waals surface area (Å²) in [6, 6.07) is 4.85. The molecule has 0 saturated carbocycles. The van der Waals surface area contributed by atoms with Crippen molar-refractivity contribution in [3.05, 3.63) is 23.8 Å². The maximum atomic E-state index is 11.4. The normalized spacial score (nSPS) is 10.6. The maximum Gasteiger partial charge on any atom is 0.166 e. The minimum atomic E-state index is -0.0590. The largest absolute Gasteiger partial charge is 0.507 e. The third-order valence-electron chi connectivity index (χ3n) is 2.55. The Morgan fingerprint density at radius 3 is 2.65 bits per heavy atom. The van der Waals surface area contributed by atoms with Crippen molar-refractivity contribution in [3.8, 4) is 11.5 Å². The molecule has 0 fully saturated rings.